The Bertz CT molecular complexity index is 995. The molecule has 0 unspecified atom stereocenters. The number of imidazole rings is 1. The van der Waals surface area contributed by atoms with E-state index in [4.69, 9.17) is 4.84 Å². The van der Waals surface area contributed by atoms with Crippen molar-refractivity contribution in [3.63, 3.8) is 0 Å². The maximum absolute atomic E-state index is 11.8. The summed E-state index contributed by atoms with van der Waals surface area (Å²) >= 11 is 0. The van der Waals surface area contributed by atoms with Crippen LogP contribution in [0, 0.1) is 5.92 Å². The number of carbonyl (C=O) groups excluding carboxylic acids is 1. The summed E-state index contributed by atoms with van der Waals surface area (Å²) in [5.74, 6) is 1.01. The minimum Gasteiger partial charge on any atom is -0.396 e. The molecule has 8 heteroatoms. The van der Waals surface area contributed by atoms with Gasteiger partial charge >= 0.3 is 6.03 Å². The molecule has 28 heavy (non-hydrogen) atoms. The number of H-pyrrole nitrogens is 1. The molecule has 1 saturated carbocycles. The largest absolute Gasteiger partial charge is 0.396 e. The highest BCUT2D eigenvalue weighted by Gasteiger charge is 2.21. The summed E-state index contributed by atoms with van der Waals surface area (Å²) in [5.41, 5.74) is 4.24. The van der Waals surface area contributed by atoms with Crippen LogP contribution < -0.4 is 10.6 Å². The number of benzene rings is 1. The van der Waals surface area contributed by atoms with Crippen LogP contribution in [0.2, 0.25) is 0 Å². The number of nitrogens with one attached hydrogen (secondary N) is 3. The Kier molecular flexibility index (Phi) is 5.18. The molecule has 1 aliphatic carbocycles. The molecule has 0 radical (unpaired) electrons. The van der Waals surface area contributed by atoms with Crippen LogP contribution in [0.3, 0.4) is 0 Å². The molecule has 0 spiro atoms. The van der Waals surface area contributed by atoms with Gasteiger partial charge in [0, 0.05) is 30.1 Å². The van der Waals surface area contributed by atoms with Gasteiger partial charge in [0.05, 0.1) is 17.2 Å². The molecule has 0 bridgehead atoms. The Balaban J connectivity index is 1.67. The van der Waals surface area contributed by atoms with Gasteiger partial charge in [-0.1, -0.05) is 11.2 Å². The SMILES string of the molecule is CCNC(=O)Nc1nc2c(C=NOCC3CC3)cc(-c3cccnc3)cc2[nH]1. The zero-order valence-corrected chi connectivity index (χ0v) is 15.6. The van der Waals surface area contributed by atoms with E-state index in [1.807, 2.05) is 31.2 Å². The first-order valence-corrected chi connectivity index (χ1v) is 9.37. The number of aromatic nitrogens is 3. The maximum atomic E-state index is 11.8. The number of anilines is 1. The van der Waals surface area contributed by atoms with Crippen molar-refractivity contribution in [1.82, 2.24) is 20.3 Å². The summed E-state index contributed by atoms with van der Waals surface area (Å²) in [6, 6.07) is 7.53. The van der Waals surface area contributed by atoms with Gasteiger partial charge in [-0.2, -0.15) is 0 Å². The fourth-order valence-corrected chi connectivity index (χ4v) is 2.84. The van der Waals surface area contributed by atoms with Crippen LogP contribution in [0.1, 0.15) is 25.3 Å². The smallest absolute Gasteiger partial charge is 0.321 e. The van der Waals surface area contributed by atoms with Crippen molar-refractivity contribution in [2.45, 2.75) is 19.8 Å². The number of pyridine rings is 1. The average Bonchev–Trinajstić information content (AvgIpc) is 3.44. The molecule has 3 N–H and O–H groups in total. The Morgan fingerprint density at radius 2 is 2.29 bits per heavy atom. The second kappa shape index (κ2) is 8.08. The van der Waals surface area contributed by atoms with Crippen LogP contribution in [0.25, 0.3) is 22.2 Å². The van der Waals surface area contributed by atoms with Gasteiger partial charge in [-0.05, 0) is 49.4 Å². The zero-order valence-electron chi connectivity index (χ0n) is 15.6. The lowest BCUT2D eigenvalue weighted by Gasteiger charge is -2.04. The first kappa shape index (κ1) is 18.0. The number of aromatic amines is 1. The second-order valence-corrected chi connectivity index (χ2v) is 6.75. The van der Waals surface area contributed by atoms with Crippen molar-refractivity contribution < 1.29 is 9.63 Å². The zero-order chi connectivity index (χ0) is 19.3. The van der Waals surface area contributed by atoms with Crippen LogP contribution in [-0.4, -0.2) is 40.3 Å². The molecule has 2 heterocycles. The van der Waals surface area contributed by atoms with E-state index < -0.39 is 0 Å². The molecule has 8 nitrogen and oxygen atoms in total. The Morgan fingerprint density at radius 3 is 3.04 bits per heavy atom. The topological polar surface area (TPSA) is 104 Å². The van der Waals surface area contributed by atoms with Gasteiger partial charge in [-0.15, -0.1) is 0 Å². The van der Waals surface area contributed by atoms with Crippen molar-refractivity contribution in [1.29, 1.82) is 0 Å². The number of oxime groups is 1. The van der Waals surface area contributed by atoms with Crippen molar-refractivity contribution >= 4 is 29.2 Å². The number of amides is 2. The van der Waals surface area contributed by atoms with E-state index in [-0.39, 0.29) is 6.03 Å². The van der Waals surface area contributed by atoms with E-state index in [1.54, 1.807) is 18.6 Å². The molecule has 2 aromatic heterocycles. The van der Waals surface area contributed by atoms with Gasteiger partial charge in [0.25, 0.3) is 0 Å². The lowest BCUT2D eigenvalue weighted by atomic mass is 10.0. The summed E-state index contributed by atoms with van der Waals surface area (Å²) in [6.45, 7) is 3.04. The molecule has 0 atom stereocenters. The molecule has 1 aliphatic rings. The molecule has 3 aromatic rings. The van der Waals surface area contributed by atoms with E-state index in [0.717, 1.165) is 22.2 Å². The highest BCUT2D eigenvalue weighted by atomic mass is 16.6. The van der Waals surface area contributed by atoms with E-state index in [9.17, 15) is 4.79 Å². The Morgan fingerprint density at radius 1 is 1.39 bits per heavy atom. The molecule has 1 aromatic carbocycles. The molecule has 1 fully saturated rings. The van der Waals surface area contributed by atoms with Crippen LogP contribution in [0.4, 0.5) is 10.7 Å². The first-order valence-electron chi connectivity index (χ1n) is 9.37. The number of hydrogen-bond acceptors (Lipinski definition) is 5. The number of fused-ring (bicyclic) bond motifs is 1. The lowest BCUT2D eigenvalue weighted by molar-refractivity contribution is 0.135. The third-order valence-corrected chi connectivity index (χ3v) is 4.45. The van der Waals surface area contributed by atoms with Crippen LogP contribution in [0.15, 0.2) is 41.8 Å². The number of rotatable bonds is 7. The Hall–Kier alpha value is -3.42. The second-order valence-electron chi connectivity index (χ2n) is 6.75. The minimum absolute atomic E-state index is 0.308. The van der Waals surface area contributed by atoms with Crippen molar-refractivity contribution in [3.8, 4) is 11.1 Å². The van der Waals surface area contributed by atoms with Crippen LogP contribution >= 0.6 is 0 Å². The van der Waals surface area contributed by atoms with Gasteiger partial charge in [0.2, 0.25) is 5.95 Å². The number of nitrogens with zero attached hydrogens (tertiary/aromatic N) is 3. The number of hydrogen-bond donors (Lipinski definition) is 3. The van der Waals surface area contributed by atoms with E-state index in [0.29, 0.717) is 30.5 Å². The van der Waals surface area contributed by atoms with E-state index in [1.165, 1.54) is 12.8 Å². The minimum atomic E-state index is -0.308. The molecule has 0 saturated heterocycles. The summed E-state index contributed by atoms with van der Waals surface area (Å²) in [4.78, 5) is 29.0. The molecule has 0 aliphatic heterocycles. The molecule has 144 valence electrons. The van der Waals surface area contributed by atoms with Gasteiger partial charge in [0.1, 0.15) is 6.61 Å². The molecular weight excluding hydrogens is 356 g/mol. The quantitative estimate of drug-likeness (QED) is 0.432. The van der Waals surface area contributed by atoms with E-state index >= 15 is 0 Å². The fraction of sp³-hybridized carbons (Fsp3) is 0.300. The predicted molar refractivity (Wildman–Crippen MR) is 108 cm³/mol. The maximum Gasteiger partial charge on any atom is 0.321 e. The van der Waals surface area contributed by atoms with Crippen LogP contribution in [0.5, 0.6) is 0 Å². The van der Waals surface area contributed by atoms with Crippen molar-refractivity contribution in [2.75, 3.05) is 18.5 Å². The van der Waals surface area contributed by atoms with Crippen molar-refractivity contribution in [2.24, 2.45) is 11.1 Å². The average molecular weight is 378 g/mol. The summed E-state index contributed by atoms with van der Waals surface area (Å²) in [6.07, 6.45) is 7.63. The summed E-state index contributed by atoms with van der Waals surface area (Å²) < 4.78 is 0. The third-order valence-electron chi connectivity index (χ3n) is 4.45. The van der Waals surface area contributed by atoms with Gasteiger partial charge in [0.15, 0.2) is 0 Å². The van der Waals surface area contributed by atoms with E-state index in [2.05, 4.69) is 30.7 Å². The fourth-order valence-electron chi connectivity index (χ4n) is 2.84. The number of carbonyl (C=O) groups is 1. The summed E-state index contributed by atoms with van der Waals surface area (Å²) in [7, 11) is 0. The van der Waals surface area contributed by atoms with Gasteiger partial charge in [-0.3, -0.25) is 10.3 Å². The first-order chi connectivity index (χ1) is 13.7. The number of urea groups is 1. The van der Waals surface area contributed by atoms with Gasteiger partial charge < -0.3 is 15.1 Å². The highest BCUT2D eigenvalue weighted by Crippen LogP contribution is 2.29. The lowest BCUT2D eigenvalue weighted by Crippen LogP contribution is -2.28. The molecule has 4 rings (SSSR count). The monoisotopic (exact) mass is 378 g/mol. The van der Waals surface area contributed by atoms with Crippen molar-refractivity contribution in [3.05, 3.63) is 42.2 Å². The Labute approximate surface area is 162 Å². The molecule has 2 amide bonds. The van der Waals surface area contributed by atoms with Crippen LogP contribution in [-0.2, 0) is 4.84 Å². The standard InChI is InChI=1S/C20H22N6O2/c1-2-22-20(27)26-19-24-17-9-15(14-4-3-7-21-10-14)8-16(18(17)25-19)11-23-28-12-13-5-6-13/h3-4,7-11,13H,2,5-6,12H2,1H3,(H3,22,24,25,26,27). The van der Waals surface area contributed by atoms with Gasteiger partial charge in [-0.25, -0.2) is 9.78 Å². The summed E-state index contributed by atoms with van der Waals surface area (Å²) in [5, 5.41) is 9.50. The highest BCUT2D eigenvalue weighted by molar-refractivity contribution is 6.00. The third kappa shape index (κ3) is 4.28. The predicted octanol–water partition coefficient (Wildman–Crippen LogP) is 3.53. The normalized spacial score (nSPS) is 13.8. The molecular formula is C20H22N6O2.